The van der Waals surface area contributed by atoms with Crippen LogP contribution in [-0.4, -0.2) is 61.4 Å². The normalized spacial score (nSPS) is 19.5. The minimum absolute atomic E-state index is 0.0675. The largest absolute Gasteiger partial charge is 0.379 e. The number of carbonyl (C=O) groups excluding carboxylic acids is 1. The molecular weight excluding hydrogens is 462 g/mol. The second kappa shape index (κ2) is 8.68. The molecule has 33 heavy (non-hydrogen) atoms. The smallest absolute Gasteiger partial charge is 0.255 e. The maximum atomic E-state index is 13.7. The molecule has 1 atom stereocenters. The van der Waals surface area contributed by atoms with Crippen molar-refractivity contribution in [1.82, 2.24) is 14.2 Å². The number of pyridine rings is 1. The first-order valence-electron chi connectivity index (χ1n) is 11.0. The van der Waals surface area contributed by atoms with Gasteiger partial charge in [-0.3, -0.25) is 9.59 Å². The lowest BCUT2D eigenvalue weighted by Gasteiger charge is -2.35. The van der Waals surface area contributed by atoms with E-state index in [0.717, 1.165) is 18.4 Å². The third-order valence-electron chi connectivity index (χ3n) is 6.40. The van der Waals surface area contributed by atoms with Crippen LogP contribution in [-0.2, 0) is 21.2 Å². The lowest BCUT2D eigenvalue weighted by Crippen LogP contribution is -2.40. The average Bonchev–Trinajstić information content (AvgIpc) is 3.31. The lowest BCUT2D eigenvalue weighted by molar-refractivity contribution is 0.0659. The zero-order valence-corrected chi connectivity index (χ0v) is 19.9. The van der Waals surface area contributed by atoms with Gasteiger partial charge in [0, 0.05) is 41.5 Å². The van der Waals surface area contributed by atoms with Crippen LogP contribution in [0.3, 0.4) is 0 Å². The molecule has 0 saturated carbocycles. The van der Waals surface area contributed by atoms with Gasteiger partial charge in [0.1, 0.15) is 0 Å². The van der Waals surface area contributed by atoms with E-state index < -0.39 is 15.6 Å². The predicted molar refractivity (Wildman–Crippen MR) is 126 cm³/mol. The number of nitrogens with one attached hydrogen (secondary N) is 1. The fraction of sp³-hybridized carbons (Fsp3) is 0.391. The quantitative estimate of drug-likeness (QED) is 0.610. The van der Waals surface area contributed by atoms with Crippen molar-refractivity contribution < 1.29 is 17.9 Å². The summed E-state index contributed by atoms with van der Waals surface area (Å²) in [5, 5.41) is 2.48. The molecule has 3 aromatic rings. The van der Waals surface area contributed by atoms with Crippen LogP contribution in [0, 0.1) is 0 Å². The number of sulfonamides is 1. The summed E-state index contributed by atoms with van der Waals surface area (Å²) >= 11 is 1.70. The maximum absolute atomic E-state index is 13.7. The molecule has 0 radical (unpaired) electrons. The molecule has 1 unspecified atom stereocenters. The van der Waals surface area contributed by atoms with Crippen LogP contribution in [0.4, 0.5) is 0 Å². The van der Waals surface area contributed by atoms with Gasteiger partial charge in [-0.1, -0.05) is 6.92 Å². The minimum atomic E-state index is -3.74. The van der Waals surface area contributed by atoms with Gasteiger partial charge in [0.25, 0.3) is 5.91 Å². The van der Waals surface area contributed by atoms with Crippen molar-refractivity contribution >= 4 is 38.2 Å². The van der Waals surface area contributed by atoms with Crippen molar-refractivity contribution in [2.75, 3.05) is 32.8 Å². The highest BCUT2D eigenvalue weighted by molar-refractivity contribution is 7.89. The van der Waals surface area contributed by atoms with Gasteiger partial charge in [0.2, 0.25) is 15.6 Å². The zero-order chi connectivity index (χ0) is 23.2. The van der Waals surface area contributed by atoms with Crippen molar-refractivity contribution in [2.24, 2.45) is 0 Å². The summed E-state index contributed by atoms with van der Waals surface area (Å²) in [4.78, 5) is 32.0. The van der Waals surface area contributed by atoms with Crippen LogP contribution in [0.2, 0.25) is 0 Å². The Balaban J connectivity index is 1.58. The Morgan fingerprint density at radius 3 is 2.73 bits per heavy atom. The maximum Gasteiger partial charge on any atom is 0.255 e. The summed E-state index contributed by atoms with van der Waals surface area (Å²) in [7, 11) is -3.74. The van der Waals surface area contributed by atoms with E-state index in [1.165, 1.54) is 27.4 Å². The van der Waals surface area contributed by atoms with Crippen molar-refractivity contribution in [2.45, 2.75) is 30.7 Å². The van der Waals surface area contributed by atoms with Gasteiger partial charge in [-0.2, -0.15) is 4.31 Å². The summed E-state index contributed by atoms with van der Waals surface area (Å²) in [5.41, 5.74) is 1.43. The number of morpholine rings is 1. The van der Waals surface area contributed by atoms with E-state index in [-0.39, 0.29) is 35.5 Å². The van der Waals surface area contributed by atoms with Gasteiger partial charge in [-0.25, -0.2) is 8.42 Å². The van der Waals surface area contributed by atoms with Crippen molar-refractivity contribution in [3.63, 3.8) is 0 Å². The summed E-state index contributed by atoms with van der Waals surface area (Å²) in [6.45, 7) is 3.87. The number of nitrogens with zero attached hydrogens (tertiary/aromatic N) is 2. The number of H-pyrrole nitrogens is 1. The van der Waals surface area contributed by atoms with Gasteiger partial charge in [-0.05, 0) is 48.1 Å². The molecule has 0 spiro atoms. The molecular formula is C23H25N3O5S2. The summed E-state index contributed by atoms with van der Waals surface area (Å²) < 4.78 is 33.0. The molecule has 2 aliphatic rings. The number of benzene rings is 1. The highest BCUT2D eigenvalue weighted by Crippen LogP contribution is 2.36. The van der Waals surface area contributed by atoms with E-state index in [9.17, 15) is 18.0 Å². The minimum Gasteiger partial charge on any atom is -0.379 e. The SMILES string of the molecule is CCC1c2ccsc2CCN1C(=O)c1cc(=O)[nH]c2ccc(S(=O)(=O)N3CCOCC3)cc12. The fourth-order valence-electron chi connectivity index (χ4n) is 4.74. The Bertz CT molecular complexity index is 1370. The second-order valence-electron chi connectivity index (χ2n) is 8.24. The average molecular weight is 488 g/mol. The van der Waals surface area contributed by atoms with E-state index >= 15 is 0 Å². The van der Waals surface area contributed by atoms with Crippen LogP contribution >= 0.6 is 11.3 Å². The Labute approximate surface area is 195 Å². The summed E-state index contributed by atoms with van der Waals surface area (Å²) in [6.07, 6.45) is 1.53. The van der Waals surface area contributed by atoms with Gasteiger partial charge in [0.05, 0.1) is 29.7 Å². The number of aromatic nitrogens is 1. The first-order chi connectivity index (χ1) is 15.9. The molecule has 2 aliphatic heterocycles. The molecule has 10 heteroatoms. The molecule has 1 fully saturated rings. The molecule has 2 aromatic heterocycles. The first kappa shape index (κ1) is 22.3. The van der Waals surface area contributed by atoms with E-state index in [1.54, 1.807) is 17.4 Å². The highest BCUT2D eigenvalue weighted by atomic mass is 32.2. The van der Waals surface area contributed by atoms with Crippen LogP contribution in [0.5, 0.6) is 0 Å². The Morgan fingerprint density at radius 2 is 1.97 bits per heavy atom. The summed E-state index contributed by atoms with van der Waals surface area (Å²) in [5.74, 6) is -0.254. The molecule has 5 rings (SSSR count). The van der Waals surface area contributed by atoms with Crippen molar-refractivity contribution in [1.29, 1.82) is 0 Å². The molecule has 0 bridgehead atoms. The highest BCUT2D eigenvalue weighted by Gasteiger charge is 2.32. The molecule has 174 valence electrons. The molecule has 1 N–H and O–H groups in total. The van der Waals surface area contributed by atoms with Crippen LogP contribution < -0.4 is 5.56 Å². The zero-order valence-electron chi connectivity index (χ0n) is 18.2. The number of hydrogen-bond donors (Lipinski definition) is 1. The number of amides is 1. The summed E-state index contributed by atoms with van der Waals surface area (Å²) in [6, 6.07) is 7.82. The number of fused-ring (bicyclic) bond motifs is 2. The van der Waals surface area contributed by atoms with E-state index in [0.29, 0.717) is 30.7 Å². The number of aromatic amines is 1. The fourth-order valence-corrected chi connectivity index (χ4v) is 7.10. The van der Waals surface area contributed by atoms with E-state index in [2.05, 4.69) is 11.1 Å². The number of ether oxygens (including phenoxy) is 1. The monoisotopic (exact) mass is 487 g/mol. The molecule has 4 heterocycles. The van der Waals surface area contributed by atoms with E-state index in [1.807, 2.05) is 17.2 Å². The number of thiophene rings is 1. The third kappa shape index (κ3) is 3.90. The third-order valence-corrected chi connectivity index (χ3v) is 9.29. The number of rotatable bonds is 4. The van der Waals surface area contributed by atoms with Crippen molar-refractivity contribution in [3.8, 4) is 0 Å². The van der Waals surface area contributed by atoms with Gasteiger partial charge >= 0.3 is 0 Å². The van der Waals surface area contributed by atoms with Crippen LogP contribution in [0.1, 0.15) is 40.2 Å². The molecule has 8 nitrogen and oxygen atoms in total. The van der Waals surface area contributed by atoms with Gasteiger partial charge in [-0.15, -0.1) is 11.3 Å². The standard InChI is InChI=1S/C23H25N3O5S2/c1-2-20-16-6-12-32-21(16)5-7-26(20)23(28)18-14-22(27)24-19-4-3-15(13-17(18)19)33(29,30)25-8-10-31-11-9-25/h3-4,6,12-14,20H,2,5,7-11H2,1H3,(H,24,27). The number of hydrogen-bond acceptors (Lipinski definition) is 6. The molecule has 0 aliphatic carbocycles. The van der Waals surface area contributed by atoms with Gasteiger partial charge < -0.3 is 14.6 Å². The molecule has 1 saturated heterocycles. The van der Waals surface area contributed by atoms with Crippen LogP contribution in [0.25, 0.3) is 10.9 Å². The number of carbonyl (C=O) groups is 1. The molecule has 1 amide bonds. The van der Waals surface area contributed by atoms with Crippen molar-refractivity contribution in [3.05, 3.63) is 62.1 Å². The molecule has 1 aromatic carbocycles. The first-order valence-corrected chi connectivity index (χ1v) is 13.3. The predicted octanol–water partition coefficient (Wildman–Crippen LogP) is 2.76. The Kier molecular flexibility index (Phi) is 5.86. The Hall–Kier alpha value is -2.53. The lowest BCUT2D eigenvalue weighted by atomic mass is 9.96. The van der Waals surface area contributed by atoms with E-state index in [4.69, 9.17) is 4.74 Å². The Morgan fingerprint density at radius 1 is 1.18 bits per heavy atom. The topological polar surface area (TPSA) is 99.8 Å². The van der Waals surface area contributed by atoms with Crippen LogP contribution in [0.15, 0.2) is 45.4 Å². The second-order valence-corrected chi connectivity index (χ2v) is 11.2. The van der Waals surface area contributed by atoms with Gasteiger partial charge in [0.15, 0.2) is 0 Å².